The van der Waals surface area contributed by atoms with E-state index in [1.807, 2.05) is 0 Å². The lowest BCUT2D eigenvalue weighted by Crippen LogP contribution is -2.35. The van der Waals surface area contributed by atoms with Crippen LogP contribution in [0.1, 0.15) is 55.3 Å². The average Bonchev–Trinajstić information content (AvgIpc) is 3.33. The SMILES string of the molecule is COc1ccc(NC(=O)c2cccnc2SC2CCCC2)cc1S(=O)(=O)N1CCCCC1. The summed E-state index contributed by atoms with van der Waals surface area (Å²) in [5, 5.41) is 4.06. The van der Waals surface area contributed by atoms with Gasteiger partial charge in [-0.2, -0.15) is 4.31 Å². The number of benzene rings is 1. The monoisotopic (exact) mass is 475 g/mol. The lowest BCUT2D eigenvalue weighted by atomic mass is 10.2. The zero-order valence-electron chi connectivity index (χ0n) is 18.2. The van der Waals surface area contributed by atoms with Crippen LogP contribution in [-0.2, 0) is 10.0 Å². The number of carbonyl (C=O) groups is 1. The van der Waals surface area contributed by atoms with E-state index >= 15 is 0 Å². The number of methoxy groups -OCH3 is 1. The van der Waals surface area contributed by atoms with Crippen LogP contribution in [0.3, 0.4) is 0 Å². The molecule has 7 nitrogen and oxygen atoms in total. The molecule has 9 heteroatoms. The molecular weight excluding hydrogens is 446 g/mol. The summed E-state index contributed by atoms with van der Waals surface area (Å²) in [5.41, 5.74) is 0.910. The number of nitrogens with one attached hydrogen (secondary N) is 1. The number of piperidine rings is 1. The molecule has 0 spiro atoms. The molecule has 2 aromatic rings. The van der Waals surface area contributed by atoms with Gasteiger partial charge in [0.2, 0.25) is 10.0 Å². The molecule has 4 rings (SSSR count). The molecule has 1 saturated heterocycles. The van der Waals surface area contributed by atoms with Crippen molar-refractivity contribution in [1.29, 1.82) is 0 Å². The first-order valence-corrected chi connectivity index (χ1v) is 13.4. The third kappa shape index (κ3) is 5.10. The second-order valence-corrected chi connectivity index (χ2v) is 11.4. The van der Waals surface area contributed by atoms with Crippen molar-refractivity contribution in [2.75, 3.05) is 25.5 Å². The molecule has 1 N–H and O–H groups in total. The largest absolute Gasteiger partial charge is 0.495 e. The number of aromatic nitrogens is 1. The van der Waals surface area contributed by atoms with Gasteiger partial charge in [-0.25, -0.2) is 13.4 Å². The number of amides is 1. The zero-order chi connectivity index (χ0) is 22.6. The van der Waals surface area contributed by atoms with Crippen LogP contribution in [0, 0.1) is 0 Å². The molecule has 0 radical (unpaired) electrons. The Morgan fingerprint density at radius 2 is 1.88 bits per heavy atom. The third-order valence-electron chi connectivity index (χ3n) is 5.95. The molecule has 1 aromatic carbocycles. The number of pyridine rings is 1. The molecule has 1 amide bonds. The van der Waals surface area contributed by atoms with Crippen molar-refractivity contribution in [3.8, 4) is 5.75 Å². The van der Waals surface area contributed by atoms with Crippen LogP contribution in [0.2, 0.25) is 0 Å². The van der Waals surface area contributed by atoms with E-state index in [2.05, 4.69) is 10.3 Å². The van der Waals surface area contributed by atoms with Gasteiger partial charge < -0.3 is 10.1 Å². The van der Waals surface area contributed by atoms with Gasteiger partial charge in [0.15, 0.2) is 0 Å². The highest BCUT2D eigenvalue weighted by molar-refractivity contribution is 8.00. The van der Waals surface area contributed by atoms with Crippen molar-refractivity contribution in [3.63, 3.8) is 0 Å². The molecule has 32 heavy (non-hydrogen) atoms. The van der Waals surface area contributed by atoms with Crippen molar-refractivity contribution in [1.82, 2.24) is 9.29 Å². The lowest BCUT2D eigenvalue weighted by molar-refractivity contribution is 0.102. The number of hydrogen-bond acceptors (Lipinski definition) is 6. The average molecular weight is 476 g/mol. The molecule has 172 valence electrons. The third-order valence-corrected chi connectivity index (χ3v) is 9.22. The summed E-state index contributed by atoms with van der Waals surface area (Å²) in [5.74, 6) is -0.0301. The molecule has 0 bridgehead atoms. The van der Waals surface area contributed by atoms with Crippen LogP contribution in [0.15, 0.2) is 46.5 Å². The van der Waals surface area contributed by atoms with E-state index < -0.39 is 10.0 Å². The van der Waals surface area contributed by atoms with E-state index in [1.165, 1.54) is 30.3 Å². The van der Waals surface area contributed by atoms with Gasteiger partial charge in [-0.1, -0.05) is 19.3 Å². The highest BCUT2D eigenvalue weighted by atomic mass is 32.2. The predicted octanol–water partition coefficient (Wildman–Crippen LogP) is 4.55. The number of sulfonamides is 1. The summed E-state index contributed by atoms with van der Waals surface area (Å²) in [7, 11) is -2.26. The van der Waals surface area contributed by atoms with Gasteiger partial charge in [-0.05, 0) is 56.0 Å². The molecule has 2 aliphatic rings. The highest BCUT2D eigenvalue weighted by Gasteiger charge is 2.29. The van der Waals surface area contributed by atoms with E-state index in [1.54, 1.807) is 42.2 Å². The van der Waals surface area contributed by atoms with Crippen molar-refractivity contribution in [2.45, 2.75) is 60.1 Å². The van der Waals surface area contributed by atoms with Crippen molar-refractivity contribution >= 4 is 33.4 Å². The molecule has 2 fully saturated rings. The normalized spacial score (nSPS) is 17.9. The Bertz CT molecular complexity index is 1060. The highest BCUT2D eigenvalue weighted by Crippen LogP contribution is 2.36. The van der Waals surface area contributed by atoms with Crippen LogP contribution >= 0.6 is 11.8 Å². The smallest absolute Gasteiger partial charge is 0.258 e. The van der Waals surface area contributed by atoms with E-state index in [-0.39, 0.29) is 16.6 Å². The number of thioether (sulfide) groups is 1. The first-order valence-electron chi connectivity index (χ1n) is 11.1. The summed E-state index contributed by atoms with van der Waals surface area (Å²) >= 11 is 1.65. The van der Waals surface area contributed by atoms with E-state index in [9.17, 15) is 13.2 Å². The Hall–Kier alpha value is -2.10. The standard InChI is InChI=1S/C23H29N3O4S2/c1-30-20-12-11-17(16-21(20)32(28,29)26-14-5-2-6-15-26)25-22(27)19-10-7-13-24-23(19)31-18-8-3-4-9-18/h7,10-13,16,18H,2-6,8-9,14-15H2,1H3,(H,25,27). The van der Waals surface area contributed by atoms with Crippen LogP contribution in [0.4, 0.5) is 5.69 Å². The van der Waals surface area contributed by atoms with Crippen LogP contribution in [-0.4, -0.2) is 49.1 Å². The van der Waals surface area contributed by atoms with Crippen LogP contribution in [0.5, 0.6) is 5.75 Å². The van der Waals surface area contributed by atoms with Crippen LogP contribution < -0.4 is 10.1 Å². The molecule has 2 heterocycles. The molecule has 1 aliphatic carbocycles. The van der Waals surface area contributed by atoms with Crippen LogP contribution in [0.25, 0.3) is 0 Å². The van der Waals surface area contributed by atoms with Crippen molar-refractivity contribution < 1.29 is 17.9 Å². The maximum Gasteiger partial charge on any atom is 0.258 e. The number of anilines is 1. The number of nitrogens with zero attached hydrogens (tertiary/aromatic N) is 2. The molecule has 0 unspecified atom stereocenters. The summed E-state index contributed by atoms with van der Waals surface area (Å²) in [6, 6.07) is 8.24. The number of hydrogen-bond donors (Lipinski definition) is 1. The van der Waals surface area contributed by atoms with Gasteiger partial charge in [0.05, 0.1) is 12.7 Å². The fraction of sp³-hybridized carbons (Fsp3) is 0.478. The molecular formula is C23H29N3O4S2. The second-order valence-electron chi connectivity index (χ2n) is 8.16. The first-order chi connectivity index (χ1) is 15.5. The Kier molecular flexibility index (Phi) is 7.37. The van der Waals surface area contributed by atoms with E-state index in [4.69, 9.17) is 4.74 Å². The van der Waals surface area contributed by atoms with Gasteiger partial charge in [0, 0.05) is 30.2 Å². The van der Waals surface area contributed by atoms with E-state index in [0.717, 1.165) is 32.1 Å². The minimum absolute atomic E-state index is 0.0754. The van der Waals surface area contributed by atoms with Crippen molar-refractivity contribution in [2.24, 2.45) is 0 Å². The van der Waals surface area contributed by atoms with Crippen molar-refractivity contribution in [3.05, 3.63) is 42.1 Å². The van der Waals surface area contributed by atoms with Gasteiger partial charge >= 0.3 is 0 Å². The Labute approximate surface area is 194 Å². The summed E-state index contributed by atoms with van der Waals surface area (Å²) < 4.78 is 33.3. The number of rotatable bonds is 7. The maximum absolute atomic E-state index is 13.2. The summed E-state index contributed by atoms with van der Waals surface area (Å²) in [6.45, 7) is 0.999. The second kappa shape index (κ2) is 10.2. The lowest BCUT2D eigenvalue weighted by Gasteiger charge is -2.26. The van der Waals surface area contributed by atoms with Gasteiger partial charge in [0.25, 0.3) is 5.91 Å². The zero-order valence-corrected chi connectivity index (χ0v) is 19.9. The molecule has 0 atom stereocenters. The maximum atomic E-state index is 13.2. The van der Waals surface area contributed by atoms with Gasteiger partial charge in [-0.15, -0.1) is 11.8 Å². The molecule has 1 aliphatic heterocycles. The minimum Gasteiger partial charge on any atom is -0.495 e. The first kappa shape index (κ1) is 23.1. The molecule has 1 saturated carbocycles. The quantitative estimate of drug-likeness (QED) is 0.632. The fourth-order valence-electron chi connectivity index (χ4n) is 4.22. The Balaban J connectivity index is 1.57. The fourth-order valence-corrected chi connectivity index (χ4v) is 7.21. The van der Waals surface area contributed by atoms with Gasteiger partial charge in [-0.3, -0.25) is 4.79 Å². The van der Waals surface area contributed by atoms with E-state index in [0.29, 0.717) is 34.6 Å². The predicted molar refractivity (Wildman–Crippen MR) is 126 cm³/mol. The summed E-state index contributed by atoms with van der Waals surface area (Å²) in [6.07, 6.45) is 9.13. The number of ether oxygens (including phenoxy) is 1. The Morgan fingerprint density at radius 1 is 1.12 bits per heavy atom. The minimum atomic E-state index is -3.71. The number of carbonyl (C=O) groups excluding carboxylic acids is 1. The topological polar surface area (TPSA) is 88.6 Å². The Morgan fingerprint density at radius 3 is 2.59 bits per heavy atom. The summed E-state index contributed by atoms with van der Waals surface area (Å²) in [4.78, 5) is 17.6. The van der Waals surface area contributed by atoms with Gasteiger partial charge in [0.1, 0.15) is 15.7 Å². The molecule has 1 aromatic heterocycles.